The fourth-order valence-corrected chi connectivity index (χ4v) is 5.08. The van der Waals surface area contributed by atoms with Crippen molar-refractivity contribution >= 4 is 23.4 Å². The predicted octanol–water partition coefficient (Wildman–Crippen LogP) is 0.459. The molecular formula is C17H26Cl2N2S. The molecule has 22 heavy (non-hydrogen) atoms. The van der Waals surface area contributed by atoms with Gasteiger partial charge in [0, 0.05) is 24.0 Å². The van der Waals surface area contributed by atoms with Crippen molar-refractivity contribution in [1.29, 1.82) is 0 Å². The van der Waals surface area contributed by atoms with Gasteiger partial charge in [0.05, 0.1) is 24.7 Å². The summed E-state index contributed by atoms with van der Waals surface area (Å²) in [6.45, 7) is 4.11. The Morgan fingerprint density at radius 1 is 1.09 bits per heavy atom. The number of piperidine rings is 1. The first-order chi connectivity index (χ1) is 10.3. The molecule has 124 valence electrons. The lowest BCUT2D eigenvalue weighted by Crippen LogP contribution is -3.13. The lowest BCUT2D eigenvalue weighted by Gasteiger charge is -2.32. The van der Waals surface area contributed by atoms with E-state index in [9.17, 15) is 0 Å². The third-order valence-electron chi connectivity index (χ3n) is 4.92. The summed E-state index contributed by atoms with van der Waals surface area (Å²) in [5, 5.41) is 2.43. The zero-order valence-corrected chi connectivity index (χ0v) is 15.4. The highest BCUT2D eigenvalue weighted by atomic mass is 35.5. The second-order valence-corrected chi connectivity index (χ2v) is 8.28. The van der Waals surface area contributed by atoms with Gasteiger partial charge in [-0.1, -0.05) is 36.9 Å². The maximum Gasteiger partial charge on any atom is 0.130 e. The van der Waals surface area contributed by atoms with Gasteiger partial charge in [0.15, 0.2) is 0 Å². The van der Waals surface area contributed by atoms with E-state index in [-0.39, 0.29) is 12.4 Å². The second kappa shape index (κ2) is 9.36. The summed E-state index contributed by atoms with van der Waals surface area (Å²) in [5.41, 5.74) is 0. The summed E-state index contributed by atoms with van der Waals surface area (Å²) >= 11 is 7.88. The molecule has 1 aromatic rings. The van der Waals surface area contributed by atoms with Crippen molar-refractivity contribution in [2.75, 3.05) is 19.6 Å². The first kappa shape index (κ1) is 18.4. The molecule has 2 nitrogen and oxygen atoms in total. The Morgan fingerprint density at radius 2 is 1.82 bits per heavy atom. The topological polar surface area (TPSA) is 17.3 Å². The Balaban J connectivity index is 0.00000176. The van der Waals surface area contributed by atoms with Crippen LogP contribution in [0, 0.1) is 5.92 Å². The number of hydrogen-bond acceptors (Lipinski definition) is 2. The minimum absolute atomic E-state index is 0. The van der Waals surface area contributed by atoms with Crippen LogP contribution in [0.25, 0.3) is 0 Å². The fourth-order valence-electron chi connectivity index (χ4n) is 3.75. The monoisotopic (exact) mass is 360 g/mol. The molecule has 0 radical (unpaired) electrons. The van der Waals surface area contributed by atoms with Crippen LogP contribution in [-0.4, -0.2) is 29.9 Å². The van der Waals surface area contributed by atoms with E-state index >= 15 is 0 Å². The van der Waals surface area contributed by atoms with E-state index in [0.29, 0.717) is 5.15 Å². The maximum absolute atomic E-state index is 5.97. The van der Waals surface area contributed by atoms with E-state index in [0.717, 1.165) is 16.2 Å². The summed E-state index contributed by atoms with van der Waals surface area (Å²) in [6.07, 6.45) is 10.0. The summed E-state index contributed by atoms with van der Waals surface area (Å²) in [4.78, 5) is 6.25. The van der Waals surface area contributed by atoms with Crippen molar-refractivity contribution < 1.29 is 17.3 Å². The van der Waals surface area contributed by atoms with Gasteiger partial charge in [-0.15, -0.1) is 11.8 Å². The molecular weight excluding hydrogens is 335 g/mol. The molecule has 0 unspecified atom stereocenters. The summed E-state index contributed by atoms with van der Waals surface area (Å²) in [6, 6.07) is 5.93. The lowest BCUT2D eigenvalue weighted by molar-refractivity contribution is -0.908. The van der Waals surface area contributed by atoms with Gasteiger partial charge in [-0.25, -0.2) is 4.98 Å². The highest BCUT2D eigenvalue weighted by Gasteiger charge is 2.26. The molecule has 1 aromatic heterocycles. The summed E-state index contributed by atoms with van der Waals surface area (Å²) < 4.78 is 0. The standard InChI is InChI=1S/C17H25ClN2S.ClH/c18-16-7-4-8-17(19-16)21-15-9-11-20(12-10-15)13-14-5-2-1-3-6-14;/h4,7-8,14-15H,1-3,5-6,9-13H2;1H. The normalized spacial score (nSPS) is 26.4. The van der Waals surface area contributed by atoms with E-state index in [2.05, 4.69) is 11.1 Å². The van der Waals surface area contributed by atoms with E-state index in [1.807, 2.05) is 28.8 Å². The highest BCUT2D eigenvalue weighted by molar-refractivity contribution is 7.99. The van der Waals surface area contributed by atoms with Crippen LogP contribution >= 0.6 is 23.4 Å². The molecule has 1 aliphatic carbocycles. The van der Waals surface area contributed by atoms with E-state index in [1.54, 1.807) is 0 Å². The smallest absolute Gasteiger partial charge is 0.130 e. The Kier molecular flexibility index (Phi) is 7.82. The van der Waals surface area contributed by atoms with Gasteiger partial charge in [-0.3, -0.25) is 0 Å². The van der Waals surface area contributed by atoms with Gasteiger partial charge in [0.1, 0.15) is 5.15 Å². The van der Waals surface area contributed by atoms with Crippen LogP contribution in [0.3, 0.4) is 0 Å². The molecule has 0 bridgehead atoms. The van der Waals surface area contributed by atoms with E-state index < -0.39 is 0 Å². The number of rotatable bonds is 4. The minimum atomic E-state index is 0. The largest absolute Gasteiger partial charge is 1.00 e. The van der Waals surface area contributed by atoms with Crippen LogP contribution in [0.1, 0.15) is 44.9 Å². The Bertz CT molecular complexity index is 444. The predicted molar refractivity (Wildman–Crippen MR) is 90.3 cm³/mol. The quantitative estimate of drug-likeness (QED) is 0.785. The van der Waals surface area contributed by atoms with Crippen molar-refractivity contribution in [3.05, 3.63) is 23.4 Å². The van der Waals surface area contributed by atoms with Crippen molar-refractivity contribution in [2.45, 2.75) is 55.2 Å². The SMILES string of the molecule is Clc1cccc(SC2CC[NH+](CC3CCCCC3)CC2)n1.[Cl-]. The first-order valence-corrected chi connectivity index (χ1v) is 9.68. The van der Waals surface area contributed by atoms with Crippen molar-refractivity contribution in [3.63, 3.8) is 0 Å². The average molecular weight is 361 g/mol. The highest BCUT2D eigenvalue weighted by Crippen LogP contribution is 2.27. The van der Waals surface area contributed by atoms with Crippen molar-refractivity contribution in [3.8, 4) is 0 Å². The number of quaternary nitrogens is 1. The molecule has 2 fully saturated rings. The first-order valence-electron chi connectivity index (χ1n) is 8.42. The molecule has 3 rings (SSSR count). The maximum atomic E-state index is 5.97. The van der Waals surface area contributed by atoms with Crippen LogP contribution in [0.15, 0.2) is 23.2 Å². The van der Waals surface area contributed by atoms with Gasteiger partial charge in [0.25, 0.3) is 0 Å². The number of thioether (sulfide) groups is 1. The Hall–Kier alpha value is 0.0400. The number of aromatic nitrogens is 1. The molecule has 5 heteroatoms. The number of nitrogens with zero attached hydrogens (tertiary/aromatic N) is 1. The molecule has 1 N–H and O–H groups in total. The molecule has 2 heterocycles. The molecule has 0 amide bonds. The van der Waals surface area contributed by atoms with Crippen LogP contribution in [0.4, 0.5) is 0 Å². The fraction of sp³-hybridized carbons (Fsp3) is 0.706. The van der Waals surface area contributed by atoms with E-state index in [1.165, 1.54) is 64.6 Å². The number of pyridine rings is 1. The second-order valence-electron chi connectivity index (χ2n) is 6.57. The number of halogens is 2. The Morgan fingerprint density at radius 3 is 2.50 bits per heavy atom. The number of nitrogens with one attached hydrogen (secondary N) is 1. The third kappa shape index (κ3) is 5.59. The van der Waals surface area contributed by atoms with Crippen LogP contribution in [-0.2, 0) is 0 Å². The van der Waals surface area contributed by atoms with Crippen LogP contribution < -0.4 is 17.3 Å². The van der Waals surface area contributed by atoms with Gasteiger partial charge in [0.2, 0.25) is 0 Å². The van der Waals surface area contributed by atoms with Gasteiger partial charge >= 0.3 is 0 Å². The van der Waals surface area contributed by atoms with Crippen LogP contribution in [0.2, 0.25) is 5.15 Å². The number of likely N-dealkylation sites (tertiary alicyclic amines) is 1. The van der Waals surface area contributed by atoms with Gasteiger partial charge in [-0.05, 0) is 25.0 Å². The molecule has 1 saturated heterocycles. The molecule has 2 aliphatic rings. The van der Waals surface area contributed by atoms with Crippen LogP contribution in [0.5, 0.6) is 0 Å². The molecule has 0 spiro atoms. The number of hydrogen-bond donors (Lipinski definition) is 1. The molecule has 0 aromatic carbocycles. The lowest BCUT2D eigenvalue weighted by atomic mass is 9.88. The summed E-state index contributed by atoms with van der Waals surface area (Å²) in [7, 11) is 0. The third-order valence-corrected chi connectivity index (χ3v) is 6.40. The molecule has 1 aliphatic heterocycles. The van der Waals surface area contributed by atoms with Gasteiger partial charge in [-0.2, -0.15) is 0 Å². The Labute approximate surface area is 149 Å². The molecule has 0 atom stereocenters. The van der Waals surface area contributed by atoms with Crippen molar-refractivity contribution in [2.24, 2.45) is 5.92 Å². The van der Waals surface area contributed by atoms with Gasteiger partial charge < -0.3 is 17.3 Å². The average Bonchev–Trinajstić information content (AvgIpc) is 2.50. The molecule has 1 saturated carbocycles. The summed E-state index contributed by atoms with van der Waals surface area (Å²) in [5.74, 6) is 1.01. The van der Waals surface area contributed by atoms with Crippen molar-refractivity contribution in [1.82, 2.24) is 4.98 Å². The minimum Gasteiger partial charge on any atom is -1.00 e. The zero-order valence-electron chi connectivity index (χ0n) is 13.1. The van der Waals surface area contributed by atoms with E-state index in [4.69, 9.17) is 11.6 Å². The zero-order chi connectivity index (χ0) is 14.5.